The summed E-state index contributed by atoms with van der Waals surface area (Å²) in [6, 6.07) is 0. The molecule has 1 aliphatic heterocycles. The topological polar surface area (TPSA) is 37.1 Å². The van der Waals surface area contributed by atoms with Gasteiger partial charge < -0.3 is 0 Å². The van der Waals surface area contributed by atoms with Crippen molar-refractivity contribution < 1.29 is 0 Å². The molecule has 1 unspecified atom stereocenters. The molecule has 3 nitrogen and oxygen atoms in total. The summed E-state index contributed by atoms with van der Waals surface area (Å²) in [6.07, 6.45) is 0.813. The standard InChI is InChI=1S/C4H9Cl4N3P3/c1-4(2)3-12-9-13(5,6)11-14(7,8)10-12/h4H,3H2,1-2H3/q+1. The van der Waals surface area contributed by atoms with Crippen LogP contribution in [0.15, 0.2) is 13.5 Å². The van der Waals surface area contributed by atoms with Gasteiger partial charge in [0.2, 0.25) is 0 Å². The average Bonchev–Trinajstić information content (AvgIpc) is 1.74. The van der Waals surface area contributed by atoms with Crippen LogP contribution in [0.1, 0.15) is 13.8 Å². The fourth-order valence-corrected chi connectivity index (χ4v) is 14.1. The van der Waals surface area contributed by atoms with Crippen LogP contribution in [0, 0.1) is 5.92 Å². The Morgan fingerprint density at radius 2 is 1.71 bits per heavy atom. The third kappa shape index (κ3) is 4.71. The zero-order chi connectivity index (χ0) is 11.0. The molecule has 10 heteroatoms. The van der Waals surface area contributed by atoms with Gasteiger partial charge in [-0.2, -0.15) is 4.52 Å². The Morgan fingerprint density at radius 1 is 1.14 bits per heavy atom. The number of hydrogen-bond donors (Lipinski definition) is 0. The Balaban J connectivity index is 3.07. The SMILES string of the molecule is CC(C)C[P+]1=NP(Cl)(Cl)=NP(Cl)(Cl)=N1. The third-order valence-corrected chi connectivity index (χ3v) is 12.2. The molecule has 0 aromatic carbocycles. The van der Waals surface area contributed by atoms with E-state index in [-0.39, 0.29) is 0 Å². The molecule has 0 bridgehead atoms. The number of nitrogens with zero attached hydrogens (tertiary/aromatic N) is 3. The quantitative estimate of drug-likeness (QED) is 0.484. The summed E-state index contributed by atoms with van der Waals surface area (Å²) in [7, 11) is -0.960. The van der Waals surface area contributed by atoms with E-state index in [1.54, 1.807) is 0 Å². The fraction of sp³-hybridized carbons (Fsp3) is 1.00. The molecule has 0 N–H and O–H groups in total. The molecular formula is C4H9Cl4N3P3+. The van der Waals surface area contributed by atoms with E-state index in [0.29, 0.717) is 5.92 Å². The van der Waals surface area contributed by atoms with Gasteiger partial charge in [0.05, 0.1) is 0 Å². The minimum Gasteiger partial charge on any atom is -0.179 e. The molecule has 1 aliphatic rings. The van der Waals surface area contributed by atoms with Crippen LogP contribution < -0.4 is 0 Å². The predicted octanol–water partition coefficient (Wildman–Crippen LogP) is 7.08. The van der Waals surface area contributed by atoms with Crippen LogP contribution in [0.25, 0.3) is 0 Å². The summed E-state index contributed by atoms with van der Waals surface area (Å²) in [5, 5.41) is 0. The maximum Gasteiger partial charge on any atom is 0.356 e. The van der Waals surface area contributed by atoms with E-state index in [4.69, 9.17) is 45.0 Å². The van der Waals surface area contributed by atoms with Gasteiger partial charge in [-0.15, -0.1) is 0 Å². The van der Waals surface area contributed by atoms with Crippen LogP contribution in [-0.2, 0) is 0 Å². The second-order valence-corrected chi connectivity index (χ2v) is 14.9. The van der Waals surface area contributed by atoms with Gasteiger partial charge in [-0.05, 0) is 59.9 Å². The van der Waals surface area contributed by atoms with Gasteiger partial charge in [-0.25, -0.2) is 0 Å². The highest BCUT2D eigenvalue weighted by atomic mass is 35.9. The van der Waals surface area contributed by atoms with Gasteiger partial charge in [-0.1, -0.05) is 13.8 Å². The monoisotopic (exact) mass is 332 g/mol. The molecule has 0 saturated carbocycles. The van der Waals surface area contributed by atoms with Gasteiger partial charge in [0.15, 0.2) is 6.16 Å². The van der Waals surface area contributed by atoms with Crippen LogP contribution in [-0.4, -0.2) is 6.16 Å². The first-order valence-electron chi connectivity index (χ1n) is 3.76. The van der Waals surface area contributed by atoms with E-state index in [1.165, 1.54) is 0 Å². The minimum atomic E-state index is -2.66. The number of hydrogen-bond acceptors (Lipinski definition) is 3. The number of halogens is 4. The number of rotatable bonds is 2. The highest BCUT2D eigenvalue weighted by Crippen LogP contribution is 2.81. The van der Waals surface area contributed by atoms with Crippen molar-refractivity contribution in [3.05, 3.63) is 0 Å². The first-order chi connectivity index (χ1) is 6.20. The van der Waals surface area contributed by atoms with Crippen LogP contribution in [0.4, 0.5) is 0 Å². The largest absolute Gasteiger partial charge is 0.356 e. The van der Waals surface area contributed by atoms with Crippen molar-refractivity contribution in [1.29, 1.82) is 0 Å². The smallest absolute Gasteiger partial charge is 0.179 e. The molecule has 1 atom stereocenters. The second-order valence-electron chi connectivity index (χ2n) is 3.13. The van der Waals surface area contributed by atoms with Crippen molar-refractivity contribution in [3.63, 3.8) is 0 Å². The van der Waals surface area contributed by atoms with Crippen LogP contribution in [0.2, 0.25) is 0 Å². The highest BCUT2D eigenvalue weighted by molar-refractivity contribution is 8.20. The summed E-state index contributed by atoms with van der Waals surface area (Å²) in [5.74, 6) is -4.84. The summed E-state index contributed by atoms with van der Waals surface area (Å²) in [4.78, 5) is 0. The Kier molecular flexibility index (Phi) is 4.85. The lowest BCUT2D eigenvalue weighted by molar-refractivity contribution is 0.746. The molecule has 0 aliphatic carbocycles. The van der Waals surface area contributed by atoms with Crippen LogP contribution in [0.3, 0.4) is 0 Å². The van der Waals surface area contributed by atoms with E-state index >= 15 is 0 Å². The summed E-state index contributed by atoms with van der Waals surface area (Å²) < 4.78 is 12.2. The maximum absolute atomic E-state index is 5.89. The van der Waals surface area contributed by atoms with Crippen molar-refractivity contribution in [2.45, 2.75) is 13.8 Å². The molecule has 1 heterocycles. The lowest BCUT2D eigenvalue weighted by Crippen LogP contribution is -1.88. The van der Waals surface area contributed by atoms with Crippen molar-refractivity contribution >= 4 is 64.6 Å². The van der Waals surface area contributed by atoms with Crippen LogP contribution in [0.5, 0.6) is 0 Å². The maximum atomic E-state index is 5.89. The molecule has 0 radical (unpaired) electrons. The minimum absolute atomic E-state index is 0.466. The molecule has 0 spiro atoms. The van der Waals surface area contributed by atoms with E-state index in [1.807, 2.05) is 0 Å². The third-order valence-electron chi connectivity index (χ3n) is 1.17. The first kappa shape index (κ1) is 13.8. The van der Waals surface area contributed by atoms with Crippen LogP contribution >= 0.6 is 64.6 Å². The molecule has 1 rings (SSSR count). The molecule has 0 aromatic rings. The van der Waals surface area contributed by atoms with E-state index in [9.17, 15) is 0 Å². The van der Waals surface area contributed by atoms with Gasteiger partial charge >= 0.3 is 19.7 Å². The second kappa shape index (κ2) is 4.92. The summed E-state index contributed by atoms with van der Waals surface area (Å²) >= 11 is 23.6. The molecule has 0 fully saturated rings. The molecule has 0 amide bonds. The summed E-state index contributed by atoms with van der Waals surface area (Å²) in [6.45, 7) is 4.15. The van der Waals surface area contributed by atoms with E-state index < -0.39 is 19.7 Å². The zero-order valence-corrected chi connectivity index (χ0v) is 13.2. The molecule has 0 aromatic heterocycles. The van der Waals surface area contributed by atoms with Gasteiger partial charge in [0.1, 0.15) is 0 Å². The lowest BCUT2D eigenvalue weighted by Gasteiger charge is -2.07. The van der Waals surface area contributed by atoms with Gasteiger partial charge in [0.25, 0.3) is 0 Å². The zero-order valence-electron chi connectivity index (χ0n) is 7.48. The Labute approximate surface area is 104 Å². The van der Waals surface area contributed by atoms with E-state index in [2.05, 4.69) is 27.4 Å². The highest BCUT2D eigenvalue weighted by Gasteiger charge is 2.33. The van der Waals surface area contributed by atoms with Crippen molar-refractivity contribution in [1.82, 2.24) is 0 Å². The predicted molar refractivity (Wildman–Crippen MR) is 71.2 cm³/mol. The normalized spacial score (nSPS) is 26.4. The Hall–Kier alpha value is 1.72. The average molecular weight is 334 g/mol. The lowest BCUT2D eigenvalue weighted by atomic mass is 10.3. The van der Waals surface area contributed by atoms with Gasteiger partial charge in [-0.3, -0.25) is 0 Å². The van der Waals surface area contributed by atoms with Crippen molar-refractivity contribution in [2.24, 2.45) is 19.5 Å². The van der Waals surface area contributed by atoms with E-state index in [0.717, 1.165) is 6.16 Å². The van der Waals surface area contributed by atoms with Crippen molar-refractivity contribution in [2.75, 3.05) is 6.16 Å². The fourth-order valence-electron chi connectivity index (χ4n) is 0.831. The first-order valence-corrected chi connectivity index (χ1v) is 12.2. The molecule has 0 saturated heterocycles. The molecule has 14 heavy (non-hydrogen) atoms. The Morgan fingerprint density at radius 3 is 2.14 bits per heavy atom. The Bertz CT molecular complexity index is 357. The summed E-state index contributed by atoms with van der Waals surface area (Å²) in [5.41, 5.74) is 0. The van der Waals surface area contributed by atoms with Gasteiger partial charge in [0, 0.05) is 0 Å². The molecule has 82 valence electrons. The molecular weight excluding hydrogens is 325 g/mol. The van der Waals surface area contributed by atoms with Crippen molar-refractivity contribution in [3.8, 4) is 0 Å².